The minimum atomic E-state index is -2.66. The topological polar surface area (TPSA) is 77.8 Å². The SMILES string of the molecule is O=C(O)C1CCCC(C(=O)N(CCO)CC(F)F)C1. The molecule has 1 aliphatic carbocycles. The van der Waals surface area contributed by atoms with Crippen molar-refractivity contribution in [2.75, 3.05) is 19.7 Å². The molecule has 0 bridgehead atoms. The van der Waals surface area contributed by atoms with Gasteiger partial charge in [0.05, 0.1) is 19.1 Å². The van der Waals surface area contributed by atoms with Crippen molar-refractivity contribution in [1.82, 2.24) is 4.90 Å². The van der Waals surface area contributed by atoms with Crippen LogP contribution in [-0.4, -0.2) is 53.1 Å². The summed E-state index contributed by atoms with van der Waals surface area (Å²) in [5, 5.41) is 17.7. The van der Waals surface area contributed by atoms with E-state index >= 15 is 0 Å². The smallest absolute Gasteiger partial charge is 0.306 e. The monoisotopic (exact) mass is 279 g/mol. The Morgan fingerprint density at radius 1 is 1.26 bits per heavy atom. The summed E-state index contributed by atoms with van der Waals surface area (Å²) in [5.74, 6) is -2.52. The molecule has 0 radical (unpaired) electrons. The van der Waals surface area contributed by atoms with Gasteiger partial charge in [0.2, 0.25) is 5.91 Å². The van der Waals surface area contributed by atoms with Crippen LogP contribution in [0.25, 0.3) is 0 Å². The van der Waals surface area contributed by atoms with Crippen LogP contribution < -0.4 is 0 Å². The van der Waals surface area contributed by atoms with E-state index < -0.39 is 36.7 Å². The lowest BCUT2D eigenvalue weighted by Crippen LogP contribution is -2.42. The molecule has 110 valence electrons. The minimum absolute atomic E-state index is 0.141. The van der Waals surface area contributed by atoms with Gasteiger partial charge in [-0.15, -0.1) is 0 Å². The first-order valence-corrected chi connectivity index (χ1v) is 6.36. The number of aliphatic carboxylic acids is 1. The predicted octanol–water partition coefficient (Wildman–Crippen LogP) is 0.963. The van der Waals surface area contributed by atoms with E-state index in [1.807, 2.05) is 0 Å². The normalized spacial score (nSPS) is 23.4. The molecule has 1 rings (SSSR count). The lowest BCUT2D eigenvalue weighted by molar-refractivity contribution is -0.146. The van der Waals surface area contributed by atoms with Crippen molar-refractivity contribution >= 4 is 11.9 Å². The van der Waals surface area contributed by atoms with Crippen LogP contribution in [0.1, 0.15) is 25.7 Å². The summed E-state index contributed by atoms with van der Waals surface area (Å²) in [6.07, 6.45) is -0.815. The number of carbonyl (C=O) groups excluding carboxylic acids is 1. The van der Waals surface area contributed by atoms with E-state index in [9.17, 15) is 18.4 Å². The molecule has 0 aliphatic heterocycles. The second-order valence-corrected chi connectivity index (χ2v) is 4.80. The Morgan fingerprint density at radius 3 is 2.42 bits per heavy atom. The maximum absolute atomic E-state index is 12.4. The Kier molecular flexibility index (Phi) is 6.14. The standard InChI is InChI=1S/C12H19F2NO4/c13-10(14)7-15(4-5-16)11(17)8-2-1-3-9(6-8)12(18)19/h8-10,16H,1-7H2,(H,18,19). The highest BCUT2D eigenvalue weighted by atomic mass is 19.3. The van der Waals surface area contributed by atoms with Crippen LogP contribution in [-0.2, 0) is 9.59 Å². The molecule has 0 aromatic carbocycles. The van der Waals surface area contributed by atoms with Gasteiger partial charge in [0.15, 0.2) is 0 Å². The fraction of sp³-hybridized carbons (Fsp3) is 0.833. The third-order valence-corrected chi connectivity index (χ3v) is 3.41. The first-order valence-electron chi connectivity index (χ1n) is 6.36. The van der Waals surface area contributed by atoms with Crippen LogP contribution in [0, 0.1) is 11.8 Å². The van der Waals surface area contributed by atoms with Crippen LogP contribution in [0.4, 0.5) is 8.78 Å². The molecule has 19 heavy (non-hydrogen) atoms. The number of carbonyl (C=O) groups is 2. The van der Waals surface area contributed by atoms with E-state index in [4.69, 9.17) is 10.2 Å². The van der Waals surface area contributed by atoms with Gasteiger partial charge in [-0.25, -0.2) is 8.78 Å². The number of hydrogen-bond acceptors (Lipinski definition) is 3. The molecule has 2 atom stereocenters. The number of rotatable bonds is 6. The first kappa shape index (κ1) is 15.8. The highest BCUT2D eigenvalue weighted by molar-refractivity contribution is 5.80. The van der Waals surface area contributed by atoms with Crippen LogP contribution in [0.3, 0.4) is 0 Å². The molecule has 1 aliphatic rings. The van der Waals surface area contributed by atoms with Gasteiger partial charge < -0.3 is 15.1 Å². The summed E-state index contributed by atoms with van der Waals surface area (Å²) in [7, 11) is 0. The Labute approximate surface area is 110 Å². The number of alkyl halides is 2. The van der Waals surface area contributed by atoms with Gasteiger partial charge in [0.1, 0.15) is 0 Å². The van der Waals surface area contributed by atoms with E-state index in [-0.39, 0.29) is 19.6 Å². The third kappa shape index (κ3) is 4.74. The van der Waals surface area contributed by atoms with Crippen molar-refractivity contribution in [3.8, 4) is 0 Å². The molecule has 1 amide bonds. The number of carboxylic acids is 1. The van der Waals surface area contributed by atoms with Crippen molar-refractivity contribution in [3.63, 3.8) is 0 Å². The summed E-state index contributed by atoms with van der Waals surface area (Å²) in [5.41, 5.74) is 0. The van der Waals surface area contributed by atoms with E-state index in [0.29, 0.717) is 19.3 Å². The highest BCUT2D eigenvalue weighted by Crippen LogP contribution is 2.30. The number of amides is 1. The number of aliphatic hydroxyl groups excluding tert-OH is 1. The summed E-state index contributed by atoms with van der Waals surface area (Å²) in [6, 6.07) is 0. The van der Waals surface area contributed by atoms with Gasteiger partial charge >= 0.3 is 5.97 Å². The van der Waals surface area contributed by atoms with Gasteiger partial charge in [-0.2, -0.15) is 0 Å². The summed E-state index contributed by atoms with van der Waals surface area (Å²) in [4.78, 5) is 23.9. The van der Waals surface area contributed by atoms with Crippen molar-refractivity contribution in [2.45, 2.75) is 32.1 Å². The van der Waals surface area contributed by atoms with E-state index in [2.05, 4.69) is 0 Å². The molecule has 0 spiro atoms. The second-order valence-electron chi connectivity index (χ2n) is 4.80. The van der Waals surface area contributed by atoms with Gasteiger partial charge in [0.25, 0.3) is 6.43 Å². The second kappa shape index (κ2) is 7.37. The summed E-state index contributed by atoms with van der Waals surface area (Å²) >= 11 is 0. The molecule has 5 nitrogen and oxygen atoms in total. The molecule has 2 N–H and O–H groups in total. The van der Waals surface area contributed by atoms with Gasteiger partial charge in [-0.1, -0.05) is 6.42 Å². The Balaban J connectivity index is 2.64. The number of carboxylic acid groups (broad SMARTS) is 1. The molecule has 1 fully saturated rings. The lowest BCUT2D eigenvalue weighted by Gasteiger charge is -2.31. The third-order valence-electron chi connectivity index (χ3n) is 3.41. The van der Waals surface area contributed by atoms with Gasteiger partial charge in [0, 0.05) is 12.5 Å². The van der Waals surface area contributed by atoms with Crippen LogP contribution >= 0.6 is 0 Å². The average molecular weight is 279 g/mol. The molecule has 0 heterocycles. The quantitative estimate of drug-likeness (QED) is 0.759. The molecule has 2 unspecified atom stereocenters. The average Bonchev–Trinajstić information content (AvgIpc) is 2.37. The maximum Gasteiger partial charge on any atom is 0.306 e. The van der Waals surface area contributed by atoms with E-state index in [1.165, 1.54) is 0 Å². The fourth-order valence-corrected chi connectivity index (χ4v) is 2.48. The predicted molar refractivity (Wildman–Crippen MR) is 62.8 cm³/mol. The largest absolute Gasteiger partial charge is 0.481 e. The molecular formula is C12H19F2NO4. The van der Waals surface area contributed by atoms with Crippen LogP contribution in [0.15, 0.2) is 0 Å². The molecule has 0 aromatic heterocycles. The van der Waals surface area contributed by atoms with Crippen molar-refractivity contribution in [3.05, 3.63) is 0 Å². The molecule has 0 aromatic rings. The number of hydrogen-bond donors (Lipinski definition) is 2. The van der Waals surface area contributed by atoms with E-state index in [0.717, 1.165) is 4.90 Å². The van der Waals surface area contributed by atoms with Gasteiger partial charge in [-0.05, 0) is 19.3 Å². The fourth-order valence-electron chi connectivity index (χ4n) is 2.48. The zero-order valence-electron chi connectivity index (χ0n) is 10.6. The zero-order chi connectivity index (χ0) is 14.4. The first-order chi connectivity index (χ1) is 8.95. The van der Waals surface area contributed by atoms with E-state index in [1.54, 1.807) is 0 Å². The van der Waals surface area contributed by atoms with Crippen molar-refractivity contribution in [1.29, 1.82) is 0 Å². The number of aliphatic hydroxyl groups is 1. The molecule has 0 saturated heterocycles. The highest BCUT2D eigenvalue weighted by Gasteiger charge is 2.33. The summed E-state index contributed by atoms with van der Waals surface area (Å²) in [6.45, 7) is -1.24. The Hall–Kier alpha value is -1.24. The minimum Gasteiger partial charge on any atom is -0.481 e. The Morgan fingerprint density at radius 2 is 1.89 bits per heavy atom. The lowest BCUT2D eigenvalue weighted by atomic mass is 9.80. The van der Waals surface area contributed by atoms with Crippen molar-refractivity contribution in [2.24, 2.45) is 11.8 Å². The van der Waals surface area contributed by atoms with Crippen LogP contribution in [0.5, 0.6) is 0 Å². The summed E-state index contributed by atoms with van der Waals surface area (Å²) < 4.78 is 24.7. The molecule has 7 heteroatoms. The molecule has 1 saturated carbocycles. The maximum atomic E-state index is 12.4. The van der Waals surface area contributed by atoms with Gasteiger partial charge in [-0.3, -0.25) is 9.59 Å². The van der Waals surface area contributed by atoms with Crippen molar-refractivity contribution < 1.29 is 28.6 Å². The molecular weight excluding hydrogens is 260 g/mol. The number of halogens is 2. The zero-order valence-corrected chi connectivity index (χ0v) is 10.6. The van der Waals surface area contributed by atoms with Crippen LogP contribution in [0.2, 0.25) is 0 Å². The number of nitrogens with zero attached hydrogens (tertiary/aromatic N) is 1. The Bertz CT molecular complexity index is 325.